The molecule has 0 bridgehead atoms. The van der Waals surface area contributed by atoms with Gasteiger partial charge in [-0.05, 0) is 0 Å². The standard InChI is InChI=1S/C8H14S2Se/c1-2-3-4-9-8-7-11-6-5-10-8/h5-6,8H,2-4,7H2,1H3. The number of thioether (sulfide) groups is 2. The first kappa shape index (κ1) is 10.0. The van der Waals surface area contributed by atoms with Gasteiger partial charge in [-0.25, -0.2) is 0 Å². The molecule has 1 aliphatic rings. The summed E-state index contributed by atoms with van der Waals surface area (Å²) in [5, 5.41) is 3.72. The fourth-order valence-electron chi connectivity index (χ4n) is 0.779. The van der Waals surface area contributed by atoms with Crippen molar-refractivity contribution in [2.24, 2.45) is 0 Å². The van der Waals surface area contributed by atoms with E-state index in [1.807, 2.05) is 11.8 Å². The van der Waals surface area contributed by atoms with Gasteiger partial charge in [-0.2, -0.15) is 0 Å². The Kier molecular flexibility index (Phi) is 5.91. The predicted octanol–water partition coefficient (Wildman–Crippen LogP) is 3.19. The number of hydrogen-bond acceptors (Lipinski definition) is 2. The third-order valence-corrected chi connectivity index (χ3v) is 7.12. The maximum atomic E-state index is 2.34. The number of hydrogen-bond donors (Lipinski definition) is 0. The molecule has 1 heterocycles. The molecule has 0 spiro atoms. The van der Waals surface area contributed by atoms with E-state index >= 15 is 0 Å². The molecule has 0 N–H and O–H groups in total. The van der Waals surface area contributed by atoms with Gasteiger partial charge < -0.3 is 0 Å². The molecule has 0 amide bonds. The molecule has 0 aromatic carbocycles. The Labute approximate surface area is 84.1 Å². The van der Waals surface area contributed by atoms with Gasteiger partial charge in [0.15, 0.2) is 0 Å². The van der Waals surface area contributed by atoms with Gasteiger partial charge in [0, 0.05) is 0 Å². The van der Waals surface area contributed by atoms with Crippen LogP contribution in [-0.2, 0) is 0 Å². The SMILES string of the molecule is CCCCSC1C[Se]C=CS1. The molecule has 1 unspecified atom stereocenters. The molecule has 11 heavy (non-hydrogen) atoms. The fourth-order valence-corrected chi connectivity index (χ4v) is 6.16. The zero-order valence-corrected chi connectivity index (χ0v) is 10.1. The van der Waals surface area contributed by atoms with Crippen molar-refractivity contribution in [3.8, 4) is 0 Å². The van der Waals surface area contributed by atoms with E-state index in [9.17, 15) is 0 Å². The second-order valence-electron chi connectivity index (χ2n) is 2.40. The molecule has 0 aromatic rings. The monoisotopic (exact) mass is 254 g/mol. The molecule has 0 radical (unpaired) electrons. The van der Waals surface area contributed by atoms with Gasteiger partial charge in [0.2, 0.25) is 0 Å². The Balaban J connectivity index is 2.02. The summed E-state index contributed by atoms with van der Waals surface area (Å²) in [6, 6.07) is 0. The second-order valence-corrected chi connectivity index (χ2v) is 7.09. The molecular weight excluding hydrogens is 239 g/mol. The fraction of sp³-hybridized carbons (Fsp3) is 0.750. The molecule has 64 valence electrons. The molecule has 0 fully saturated rings. The summed E-state index contributed by atoms with van der Waals surface area (Å²) in [7, 11) is 0. The van der Waals surface area contributed by atoms with E-state index in [-0.39, 0.29) is 0 Å². The van der Waals surface area contributed by atoms with E-state index in [1.54, 1.807) is 0 Å². The van der Waals surface area contributed by atoms with Crippen LogP contribution >= 0.6 is 23.5 Å². The van der Waals surface area contributed by atoms with E-state index in [4.69, 9.17) is 0 Å². The van der Waals surface area contributed by atoms with Gasteiger partial charge in [-0.15, -0.1) is 0 Å². The Morgan fingerprint density at radius 2 is 2.64 bits per heavy atom. The van der Waals surface area contributed by atoms with Crippen LogP contribution in [0.2, 0.25) is 5.32 Å². The maximum absolute atomic E-state index is 2.34. The van der Waals surface area contributed by atoms with Crippen molar-refractivity contribution < 1.29 is 0 Å². The van der Waals surface area contributed by atoms with Gasteiger partial charge in [-0.3, -0.25) is 0 Å². The minimum absolute atomic E-state index is 0.801. The van der Waals surface area contributed by atoms with Gasteiger partial charge in [0.25, 0.3) is 0 Å². The molecule has 1 atom stereocenters. The summed E-state index contributed by atoms with van der Waals surface area (Å²) < 4.78 is 0.881. The Hall–Kier alpha value is 0.959. The van der Waals surface area contributed by atoms with Crippen LogP contribution in [0, 0.1) is 0 Å². The molecule has 1 rings (SSSR count). The van der Waals surface area contributed by atoms with Crippen LogP contribution in [-0.4, -0.2) is 25.3 Å². The average molecular weight is 253 g/mol. The molecule has 3 heteroatoms. The zero-order valence-electron chi connectivity index (χ0n) is 6.79. The topological polar surface area (TPSA) is 0 Å². The van der Waals surface area contributed by atoms with Crippen molar-refractivity contribution in [3.05, 3.63) is 10.4 Å². The number of rotatable bonds is 4. The van der Waals surface area contributed by atoms with Crippen LogP contribution < -0.4 is 0 Å². The van der Waals surface area contributed by atoms with E-state index in [0.29, 0.717) is 0 Å². The summed E-state index contributed by atoms with van der Waals surface area (Å²) in [4.78, 5) is 2.34. The Morgan fingerprint density at radius 1 is 1.73 bits per heavy atom. The predicted molar refractivity (Wildman–Crippen MR) is 58.4 cm³/mol. The molecule has 0 aromatic heterocycles. The normalized spacial score (nSPS) is 23.9. The first-order valence-corrected chi connectivity index (χ1v) is 8.16. The minimum atomic E-state index is 0.801. The molecular formula is C8H14S2Se. The van der Waals surface area contributed by atoms with Crippen LogP contribution in [0.4, 0.5) is 0 Å². The molecule has 0 saturated carbocycles. The molecule has 0 nitrogen and oxygen atoms in total. The van der Waals surface area contributed by atoms with Crippen molar-refractivity contribution in [1.29, 1.82) is 0 Å². The van der Waals surface area contributed by atoms with Crippen molar-refractivity contribution >= 4 is 38.5 Å². The third kappa shape index (κ3) is 4.51. The van der Waals surface area contributed by atoms with Gasteiger partial charge in [-0.1, -0.05) is 0 Å². The Morgan fingerprint density at radius 3 is 3.27 bits per heavy atom. The molecule has 1 aliphatic heterocycles. The number of unbranched alkanes of at least 4 members (excludes halogenated alkanes) is 1. The zero-order chi connectivity index (χ0) is 7.94. The summed E-state index contributed by atoms with van der Waals surface area (Å²) in [6.45, 7) is 2.26. The third-order valence-electron chi connectivity index (χ3n) is 1.42. The summed E-state index contributed by atoms with van der Waals surface area (Å²) in [5.41, 5.74) is 0. The van der Waals surface area contributed by atoms with Gasteiger partial charge >= 0.3 is 84.3 Å². The quantitative estimate of drug-likeness (QED) is 0.557. The summed E-state index contributed by atoms with van der Waals surface area (Å²) >= 11 is 4.96. The van der Waals surface area contributed by atoms with Crippen LogP contribution in [0.15, 0.2) is 10.4 Å². The van der Waals surface area contributed by atoms with Crippen LogP contribution in [0.1, 0.15) is 19.8 Å². The van der Waals surface area contributed by atoms with Crippen LogP contribution in [0.5, 0.6) is 0 Å². The van der Waals surface area contributed by atoms with E-state index in [1.165, 1.54) is 23.9 Å². The van der Waals surface area contributed by atoms with E-state index in [2.05, 4.69) is 29.1 Å². The van der Waals surface area contributed by atoms with Crippen molar-refractivity contribution in [2.75, 3.05) is 5.75 Å². The first-order valence-electron chi connectivity index (χ1n) is 3.97. The van der Waals surface area contributed by atoms with Crippen molar-refractivity contribution in [2.45, 2.75) is 29.7 Å². The van der Waals surface area contributed by atoms with Crippen LogP contribution in [0.3, 0.4) is 0 Å². The molecule has 0 saturated heterocycles. The van der Waals surface area contributed by atoms with Gasteiger partial charge in [0.05, 0.1) is 0 Å². The van der Waals surface area contributed by atoms with E-state index in [0.717, 1.165) is 19.5 Å². The Bertz CT molecular complexity index is 125. The second kappa shape index (κ2) is 6.47. The van der Waals surface area contributed by atoms with Gasteiger partial charge in [0.1, 0.15) is 0 Å². The summed E-state index contributed by atoms with van der Waals surface area (Å²) in [5.74, 6) is 1.36. The van der Waals surface area contributed by atoms with Crippen molar-refractivity contribution in [3.63, 3.8) is 0 Å². The van der Waals surface area contributed by atoms with Crippen molar-refractivity contribution in [1.82, 2.24) is 0 Å². The first-order chi connectivity index (χ1) is 5.43. The molecule has 0 aliphatic carbocycles. The van der Waals surface area contributed by atoms with Crippen LogP contribution in [0.25, 0.3) is 0 Å². The van der Waals surface area contributed by atoms with E-state index < -0.39 is 0 Å². The summed E-state index contributed by atoms with van der Waals surface area (Å²) in [6.07, 6.45) is 2.73. The average Bonchev–Trinajstić information content (AvgIpc) is 2.07.